The fraction of sp³-hybridized carbons (Fsp3) is 0.375. The molecule has 0 unspecified atom stereocenters. The minimum absolute atomic E-state index is 0.0896. The van der Waals surface area contributed by atoms with Gasteiger partial charge in [0.2, 0.25) is 0 Å². The van der Waals surface area contributed by atoms with Gasteiger partial charge in [0.15, 0.2) is 0 Å². The van der Waals surface area contributed by atoms with Gasteiger partial charge in [-0.2, -0.15) is 0 Å². The van der Waals surface area contributed by atoms with E-state index in [1.54, 1.807) is 27.4 Å². The van der Waals surface area contributed by atoms with Crippen LogP contribution in [0.15, 0.2) is 36.7 Å². The molecule has 1 aromatic carbocycles. The van der Waals surface area contributed by atoms with Gasteiger partial charge in [0.1, 0.15) is 11.6 Å². The molecule has 0 atom stereocenters. The average molecular weight is 302 g/mol. The van der Waals surface area contributed by atoms with Crippen LogP contribution in [0.2, 0.25) is 0 Å². The van der Waals surface area contributed by atoms with Crippen LogP contribution in [0, 0.1) is 0 Å². The Kier molecular flexibility index (Phi) is 5.41. The monoisotopic (exact) mass is 302 g/mol. The summed E-state index contributed by atoms with van der Waals surface area (Å²) < 4.78 is 7.25. The Balaban J connectivity index is 1.92. The molecule has 0 spiro atoms. The van der Waals surface area contributed by atoms with Crippen LogP contribution in [0.4, 0.5) is 4.79 Å². The highest BCUT2D eigenvalue weighted by molar-refractivity contribution is 5.73. The van der Waals surface area contributed by atoms with Gasteiger partial charge in [-0.05, 0) is 17.7 Å². The van der Waals surface area contributed by atoms with Crippen molar-refractivity contribution in [3.05, 3.63) is 48.0 Å². The summed E-state index contributed by atoms with van der Waals surface area (Å²) in [5.41, 5.74) is 1.18. The maximum atomic E-state index is 11.5. The molecule has 1 aromatic heterocycles. The molecule has 2 aromatic rings. The molecule has 1 N–H and O–H groups in total. The molecule has 0 radical (unpaired) electrons. The van der Waals surface area contributed by atoms with Crippen molar-refractivity contribution in [1.82, 2.24) is 19.8 Å². The van der Waals surface area contributed by atoms with Gasteiger partial charge in [-0.25, -0.2) is 9.78 Å². The second-order valence-electron chi connectivity index (χ2n) is 5.20. The van der Waals surface area contributed by atoms with Crippen molar-refractivity contribution in [1.29, 1.82) is 0 Å². The van der Waals surface area contributed by atoms with E-state index >= 15 is 0 Å². The van der Waals surface area contributed by atoms with Crippen LogP contribution < -0.4 is 10.1 Å². The van der Waals surface area contributed by atoms with E-state index in [0.29, 0.717) is 13.0 Å². The van der Waals surface area contributed by atoms with Gasteiger partial charge in [-0.15, -0.1) is 0 Å². The minimum Gasteiger partial charge on any atom is -0.497 e. The molecule has 2 amide bonds. The van der Waals surface area contributed by atoms with Crippen molar-refractivity contribution in [2.45, 2.75) is 13.0 Å². The lowest BCUT2D eigenvalue weighted by molar-refractivity contribution is 0.217. The summed E-state index contributed by atoms with van der Waals surface area (Å²) in [5.74, 6) is 1.80. The lowest BCUT2D eigenvalue weighted by Crippen LogP contribution is -2.35. The van der Waals surface area contributed by atoms with Gasteiger partial charge < -0.3 is 19.5 Å². The second-order valence-corrected chi connectivity index (χ2v) is 5.20. The largest absolute Gasteiger partial charge is 0.497 e. The van der Waals surface area contributed by atoms with E-state index in [0.717, 1.165) is 18.1 Å². The highest BCUT2D eigenvalue weighted by Crippen LogP contribution is 2.13. The summed E-state index contributed by atoms with van der Waals surface area (Å²) in [7, 11) is 5.10. The number of nitrogens with zero attached hydrogens (tertiary/aromatic N) is 3. The van der Waals surface area contributed by atoms with Crippen molar-refractivity contribution >= 4 is 6.03 Å². The fourth-order valence-electron chi connectivity index (χ4n) is 2.08. The number of urea groups is 1. The van der Waals surface area contributed by atoms with Crippen molar-refractivity contribution in [3.63, 3.8) is 0 Å². The van der Waals surface area contributed by atoms with E-state index in [1.807, 2.05) is 30.5 Å². The van der Waals surface area contributed by atoms with Crippen molar-refractivity contribution in [3.8, 4) is 5.75 Å². The number of amides is 2. The third-order valence-corrected chi connectivity index (χ3v) is 3.34. The quantitative estimate of drug-likeness (QED) is 0.884. The number of aromatic nitrogens is 2. The summed E-state index contributed by atoms with van der Waals surface area (Å²) >= 11 is 0. The molecule has 118 valence electrons. The van der Waals surface area contributed by atoms with Gasteiger partial charge in [-0.1, -0.05) is 12.1 Å². The van der Waals surface area contributed by atoms with Gasteiger partial charge in [0, 0.05) is 46.0 Å². The molecule has 22 heavy (non-hydrogen) atoms. The second kappa shape index (κ2) is 7.49. The van der Waals surface area contributed by atoms with Gasteiger partial charge >= 0.3 is 6.03 Å². The Morgan fingerprint density at radius 1 is 1.32 bits per heavy atom. The van der Waals surface area contributed by atoms with Crippen LogP contribution >= 0.6 is 0 Å². The van der Waals surface area contributed by atoms with E-state index in [9.17, 15) is 4.79 Å². The van der Waals surface area contributed by atoms with Crippen LogP contribution in [0.1, 0.15) is 11.4 Å². The first-order valence-electron chi connectivity index (χ1n) is 7.18. The summed E-state index contributed by atoms with van der Waals surface area (Å²) in [5, 5.41) is 2.84. The van der Waals surface area contributed by atoms with E-state index in [2.05, 4.69) is 14.9 Å². The van der Waals surface area contributed by atoms with Gasteiger partial charge in [0.05, 0.1) is 7.11 Å². The van der Waals surface area contributed by atoms with Gasteiger partial charge in [-0.3, -0.25) is 0 Å². The molecule has 1 heterocycles. The van der Waals surface area contributed by atoms with Crippen molar-refractivity contribution < 1.29 is 9.53 Å². The van der Waals surface area contributed by atoms with E-state index in [1.165, 1.54) is 10.5 Å². The summed E-state index contributed by atoms with van der Waals surface area (Å²) in [6, 6.07) is 7.88. The number of methoxy groups -OCH3 is 1. The number of hydrogen-bond donors (Lipinski definition) is 1. The van der Waals surface area contributed by atoms with E-state index in [-0.39, 0.29) is 6.03 Å². The summed E-state index contributed by atoms with van der Waals surface area (Å²) in [6.45, 7) is 1.32. The van der Waals surface area contributed by atoms with Crippen LogP contribution in [-0.2, 0) is 13.0 Å². The Labute approximate surface area is 130 Å². The Bertz CT molecular complexity index is 605. The molecular formula is C16H22N4O2. The molecule has 0 bridgehead atoms. The van der Waals surface area contributed by atoms with Crippen LogP contribution in [0.3, 0.4) is 0 Å². The lowest BCUT2D eigenvalue weighted by Gasteiger charge is -2.12. The molecular weight excluding hydrogens is 280 g/mol. The molecule has 0 aliphatic heterocycles. The maximum Gasteiger partial charge on any atom is 0.316 e. The first kappa shape index (κ1) is 15.9. The SMILES string of the molecule is COc1ccc(Cn2ccnc2CCNC(=O)N(C)C)cc1. The molecule has 0 fully saturated rings. The zero-order valence-electron chi connectivity index (χ0n) is 13.2. The topological polar surface area (TPSA) is 59.4 Å². The third kappa shape index (κ3) is 4.25. The summed E-state index contributed by atoms with van der Waals surface area (Å²) in [6.07, 6.45) is 4.43. The smallest absolute Gasteiger partial charge is 0.316 e. The van der Waals surface area contributed by atoms with Crippen molar-refractivity contribution in [2.75, 3.05) is 27.7 Å². The number of imidazole rings is 1. The van der Waals surface area contributed by atoms with Gasteiger partial charge in [0.25, 0.3) is 0 Å². The predicted octanol–water partition coefficient (Wildman–Crippen LogP) is 1.75. The number of rotatable bonds is 6. The maximum absolute atomic E-state index is 11.5. The standard InChI is InChI=1S/C16H22N4O2/c1-19(2)16(21)18-9-8-15-17-10-11-20(15)12-13-4-6-14(22-3)7-5-13/h4-7,10-11H,8-9,12H2,1-3H3,(H,18,21). The Morgan fingerprint density at radius 2 is 2.05 bits per heavy atom. The molecule has 6 nitrogen and oxygen atoms in total. The highest BCUT2D eigenvalue weighted by Gasteiger charge is 2.06. The van der Waals surface area contributed by atoms with E-state index in [4.69, 9.17) is 4.74 Å². The Morgan fingerprint density at radius 3 is 2.68 bits per heavy atom. The molecule has 0 saturated carbocycles. The molecule has 0 aliphatic carbocycles. The van der Waals surface area contributed by atoms with E-state index < -0.39 is 0 Å². The number of hydrogen-bond acceptors (Lipinski definition) is 3. The predicted molar refractivity (Wildman–Crippen MR) is 85.1 cm³/mol. The molecule has 0 saturated heterocycles. The number of benzene rings is 1. The molecule has 0 aliphatic rings. The number of ether oxygens (including phenoxy) is 1. The lowest BCUT2D eigenvalue weighted by atomic mass is 10.2. The normalized spacial score (nSPS) is 10.3. The summed E-state index contributed by atoms with van der Waals surface area (Å²) in [4.78, 5) is 17.4. The molecule has 2 rings (SSSR count). The number of nitrogens with one attached hydrogen (secondary N) is 1. The molecule has 6 heteroatoms. The first-order valence-corrected chi connectivity index (χ1v) is 7.18. The fourth-order valence-corrected chi connectivity index (χ4v) is 2.08. The average Bonchev–Trinajstić information content (AvgIpc) is 2.95. The highest BCUT2D eigenvalue weighted by atomic mass is 16.5. The third-order valence-electron chi connectivity index (χ3n) is 3.34. The van der Waals surface area contributed by atoms with Crippen molar-refractivity contribution in [2.24, 2.45) is 0 Å². The van der Waals surface area contributed by atoms with Crippen LogP contribution in [0.25, 0.3) is 0 Å². The number of carbonyl (C=O) groups excluding carboxylic acids is 1. The van der Waals surface area contributed by atoms with Crippen LogP contribution in [-0.4, -0.2) is 48.2 Å². The zero-order chi connectivity index (χ0) is 15.9. The Hall–Kier alpha value is -2.50. The minimum atomic E-state index is -0.0896. The van der Waals surface area contributed by atoms with Crippen LogP contribution in [0.5, 0.6) is 5.75 Å². The first-order chi connectivity index (χ1) is 10.6. The zero-order valence-corrected chi connectivity index (χ0v) is 13.2. The number of carbonyl (C=O) groups is 1.